The van der Waals surface area contributed by atoms with Crippen molar-refractivity contribution in [3.8, 4) is 0 Å². The molecule has 24 heavy (non-hydrogen) atoms. The van der Waals surface area contributed by atoms with Gasteiger partial charge in [0.2, 0.25) is 5.91 Å². The van der Waals surface area contributed by atoms with Crippen molar-refractivity contribution in [2.24, 2.45) is 0 Å². The van der Waals surface area contributed by atoms with Gasteiger partial charge in [-0.1, -0.05) is 41.9 Å². The highest BCUT2D eigenvalue weighted by molar-refractivity contribution is 7.91. The molecule has 8 heteroatoms. The SMILES string of the molecule is CC(c1ccccc1)N(C)C(=O)CN(C)S(=O)(=O)c1ccc(Cl)s1. The number of carbonyl (C=O) groups excluding carboxylic acids is 1. The Kier molecular flexibility index (Phi) is 6.03. The van der Waals surface area contributed by atoms with Crippen LogP contribution in [0.4, 0.5) is 0 Å². The summed E-state index contributed by atoms with van der Waals surface area (Å²) in [6.07, 6.45) is 0. The molecule has 0 radical (unpaired) electrons. The standard InChI is InChI=1S/C16H19ClN2O3S2/c1-12(13-7-5-4-6-8-13)19(3)15(20)11-18(2)24(21,22)16-10-9-14(17)23-16/h4-10,12H,11H2,1-3H3. The molecule has 0 aliphatic rings. The molecule has 5 nitrogen and oxygen atoms in total. The van der Waals surface area contributed by atoms with E-state index in [4.69, 9.17) is 11.6 Å². The number of halogens is 1. The topological polar surface area (TPSA) is 57.7 Å². The number of hydrogen-bond acceptors (Lipinski definition) is 4. The predicted molar refractivity (Wildman–Crippen MR) is 96.8 cm³/mol. The monoisotopic (exact) mass is 386 g/mol. The van der Waals surface area contributed by atoms with Crippen molar-refractivity contribution in [1.82, 2.24) is 9.21 Å². The summed E-state index contributed by atoms with van der Waals surface area (Å²) >= 11 is 6.77. The summed E-state index contributed by atoms with van der Waals surface area (Å²) in [4.78, 5) is 14.0. The number of rotatable bonds is 6. The van der Waals surface area contributed by atoms with Gasteiger partial charge >= 0.3 is 0 Å². The molecule has 0 N–H and O–H groups in total. The third kappa shape index (κ3) is 4.16. The Morgan fingerprint density at radius 2 is 1.79 bits per heavy atom. The fraction of sp³-hybridized carbons (Fsp3) is 0.312. The van der Waals surface area contributed by atoms with Crippen LogP contribution in [0.25, 0.3) is 0 Å². The van der Waals surface area contributed by atoms with E-state index in [-0.39, 0.29) is 22.7 Å². The molecule has 1 aromatic carbocycles. The quantitative estimate of drug-likeness (QED) is 0.765. The van der Waals surface area contributed by atoms with E-state index in [0.29, 0.717) is 4.34 Å². The molecule has 130 valence electrons. The minimum Gasteiger partial charge on any atom is -0.338 e. The fourth-order valence-electron chi connectivity index (χ4n) is 2.15. The van der Waals surface area contributed by atoms with Crippen LogP contribution in [0.2, 0.25) is 4.34 Å². The smallest absolute Gasteiger partial charge is 0.252 e. The van der Waals surface area contributed by atoms with E-state index in [0.717, 1.165) is 21.2 Å². The van der Waals surface area contributed by atoms with Crippen LogP contribution in [0.3, 0.4) is 0 Å². The van der Waals surface area contributed by atoms with Crippen LogP contribution in [-0.4, -0.2) is 44.2 Å². The molecule has 1 heterocycles. The van der Waals surface area contributed by atoms with Crippen LogP contribution in [0.5, 0.6) is 0 Å². The van der Waals surface area contributed by atoms with Crippen LogP contribution < -0.4 is 0 Å². The summed E-state index contributed by atoms with van der Waals surface area (Å²) < 4.78 is 26.5. The Hall–Kier alpha value is -1.41. The molecule has 0 aliphatic carbocycles. The van der Waals surface area contributed by atoms with Crippen molar-refractivity contribution in [3.63, 3.8) is 0 Å². The fourth-order valence-corrected chi connectivity index (χ4v) is 4.96. The summed E-state index contributed by atoms with van der Waals surface area (Å²) in [6, 6.07) is 12.4. The first-order chi connectivity index (χ1) is 11.2. The van der Waals surface area contributed by atoms with Gasteiger partial charge in [0.1, 0.15) is 4.21 Å². The largest absolute Gasteiger partial charge is 0.338 e. The van der Waals surface area contributed by atoms with Crippen LogP contribution in [0.15, 0.2) is 46.7 Å². The van der Waals surface area contributed by atoms with E-state index in [2.05, 4.69) is 0 Å². The van der Waals surface area contributed by atoms with Crippen molar-refractivity contribution in [2.45, 2.75) is 17.2 Å². The molecule has 0 bridgehead atoms. The summed E-state index contributed by atoms with van der Waals surface area (Å²) in [5, 5.41) is 0. The van der Waals surface area contributed by atoms with Crippen LogP contribution in [0.1, 0.15) is 18.5 Å². The molecule has 0 saturated carbocycles. The van der Waals surface area contributed by atoms with Gasteiger partial charge in [0, 0.05) is 14.1 Å². The van der Waals surface area contributed by atoms with E-state index < -0.39 is 10.0 Å². The highest BCUT2D eigenvalue weighted by atomic mass is 35.5. The Morgan fingerprint density at radius 1 is 1.17 bits per heavy atom. The van der Waals surface area contributed by atoms with E-state index in [1.165, 1.54) is 19.2 Å². The normalized spacial score (nSPS) is 13.0. The molecule has 0 saturated heterocycles. The van der Waals surface area contributed by atoms with Crippen molar-refractivity contribution in [3.05, 3.63) is 52.4 Å². The lowest BCUT2D eigenvalue weighted by molar-refractivity contribution is -0.131. The Morgan fingerprint density at radius 3 is 2.33 bits per heavy atom. The third-order valence-electron chi connectivity index (χ3n) is 3.83. The number of sulfonamides is 1. The number of carbonyl (C=O) groups is 1. The Labute approximate surface area is 151 Å². The molecule has 0 spiro atoms. The van der Waals surface area contributed by atoms with Crippen molar-refractivity contribution >= 4 is 38.9 Å². The van der Waals surface area contributed by atoms with E-state index >= 15 is 0 Å². The van der Waals surface area contributed by atoms with Crippen LogP contribution in [-0.2, 0) is 14.8 Å². The van der Waals surface area contributed by atoms with Crippen LogP contribution >= 0.6 is 22.9 Å². The maximum absolute atomic E-state index is 12.5. The van der Waals surface area contributed by atoms with Gasteiger partial charge in [0.15, 0.2) is 0 Å². The van der Waals surface area contributed by atoms with Gasteiger partial charge in [0.25, 0.3) is 10.0 Å². The molecule has 0 fully saturated rings. The van der Waals surface area contributed by atoms with Gasteiger partial charge in [-0.3, -0.25) is 4.79 Å². The molecule has 1 unspecified atom stereocenters. The maximum atomic E-state index is 12.5. The Bertz CT molecular complexity index is 806. The van der Waals surface area contributed by atoms with E-state index in [9.17, 15) is 13.2 Å². The molecule has 0 aliphatic heterocycles. The zero-order chi connectivity index (χ0) is 17.9. The third-order valence-corrected chi connectivity index (χ3v) is 7.33. The summed E-state index contributed by atoms with van der Waals surface area (Å²) in [5.41, 5.74) is 0.990. The van der Waals surface area contributed by atoms with Crippen LogP contribution in [0, 0.1) is 0 Å². The van der Waals surface area contributed by atoms with Crippen molar-refractivity contribution < 1.29 is 13.2 Å². The zero-order valence-corrected chi connectivity index (χ0v) is 16.0. The first-order valence-electron chi connectivity index (χ1n) is 7.25. The number of thiophene rings is 1. The second-order valence-corrected chi connectivity index (χ2v) is 9.40. The molecular formula is C16H19ClN2O3S2. The first-order valence-corrected chi connectivity index (χ1v) is 9.89. The summed E-state index contributed by atoms with van der Waals surface area (Å²) in [6.45, 7) is 1.67. The summed E-state index contributed by atoms with van der Waals surface area (Å²) in [7, 11) is -0.657. The first kappa shape index (κ1) is 18.9. The van der Waals surface area contributed by atoms with Gasteiger partial charge in [-0.25, -0.2) is 8.42 Å². The minimum atomic E-state index is -3.72. The molecule has 1 aromatic heterocycles. The maximum Gasteiger partial charge on any atom is 0.252 e. The number of amides is 1. The van der Waals surface area contributed by atoms with Gasteiger partial charge < -0.3 is 4.90 Å². The highest BCUT2D eigenvalue weighted by Gasteiger charge is 2.27. The molecular weight excluding hydrogens is 368 g/mol. The minimum absolute atomic E-state index is 0.126. The van der Waals surface area contributed by atoms with Gasteiger partial charge in [-0.2, -0.15) is 4.31 Å². The lowest BCUT2D eigenvalue weighted by Crippen LogP contribution is -2.40. The van der Waals surface area contributed by atoms with Gasteiger partial charge in [0.05, 0.1) is 16.9 Å². The second-order valence-electron chi connectivity index (χ2n) is 5.41. The lowest BCUT2D eigenvalue weighted by Gasteiger charge is -2.27. The lowest BCUT2D eigenvalue weighted by atomic mass is 10.1. The number of hydrogen-bond donors (Lipinski definition) is 0. The predicted octanol–water partition coefficient (Wildman–Crippen LogP) is 3.24. The number of nitrogens with zero attached hydrogens (tertiary/aromatic N) is 2. The van der Waals surface area contributed by atoms with Crippen molar-refractivity contribution in [1.29, 1.82) is 0 Å². The zero-order valence-electron chi connectivity index (χ0n) is 13.6. The molecule has 1 atom stereocenters. The van der Waals surface area contributed by atoms with Gasteiger partial charge in [-0.15, -0.1) is 11.3 Å². The Balaban J connectivity index is 2.08. The van der Waals surface area contributed by atoms with E-state index in [1.54, 1.807) is 11.9 Å². The van der Waals surface area contributed by atoms with Gasteiger partial charge in [-0.05, 0) is 24.6 Å². The molecule has 2 rings (SSSR count). The summed E-state index contributed by atoms with van der Waals surface area (Å²) in [5.74, 6) is -0.278. The second kappa shape index (κ2) is 7.65. The molecule has 2 aromatic rings. The average molecular weight is 387 g/mol. The number of likely N-dealkylation sites (N-methyl/N-ethyl adjacent to an activating group) is 2. The molecule has 1 amide bonds. The highest BCUT2D eigenvalue weighted by Crippen LogP contribution is 2.27. The average Bonchev–Trinajstić information content (AvgIpc) is 3.01. The van der Waals surface area contributed by atoms with Crippen molar-refractivity contribution in [2.75, 3.05) is 20.6 Å². The van der Waals surface area contributed by atoms with E-state index in [1.807, 2.05) is 37.3 Å². The number of benzene rings is 1.